The highest BCUT2D eigenvalue weighted by Crippen LogP contribution is 2.29. The summed E-state index contributed by atoms with van der Waals surface area (Å²) in [7, 11) is 1.53. The summed E-state index contributed by atoms with van der Waals surface area (Å²) in [5.74, 6) is 0.371. The van der Waals surface area contributed by atoms with Gasteiger partial charge in [-0.25, -0.2) is 4.39 Å². The van der Waals surface area contributed by atoms with E-state index in [1.54, 1.807) is 6.07 Å². The standard InChI is InChI=1S/C15H22FN3O2.2ClH/c1-21-14-11-12(16)4-5-13(14)18-7-9-19(10-8-18)15(20)3-2-6-17;;/h4-5,11H,2-3,6-10,17H2,1H3;2*1H. The average Bonchev–Trinajstić information content (AvgIpc) is 2.52. The number of hydrogen-bond donors (Lipinski definition) is 1. The summed E-state index contributed by atoms with van der Waals surface area (Å²) < 4.78 is 18.5. The number of benzene rings is 1. The third-order valence-electron chi connectivity index (χ3n) is 3.71. The van der Waals surface area contributed by atoms with Crippen molar-refractivity contribution in [3.05, 3.63) is 24.0 Å². The fourth-order valence-corrected chi connectivity index (χ4v) is 2.52. The zero-order valence-electron chi connectivity index (χ0n) is 13.2. The molecule has 1 aromatic carbocycles. The predicted molar refractivity (Wildman–Crippen MR) is 94.5 cm³/mol. The molecule has 1 aromatic rings. The summed E-state index contributed by atoms with van der Waals surface area (Å²) in [6.07, 6.45) is 1.24. The van der Waals surface area contributed by atoms with Crippen LogP contribution in [-0.4, -0.2) is 50.6 Å². The van der Waals surface area contributed by atoms with Gasteiger partial charge in [-0.1, -0.05) is 0 Å². The van der Waals surface area contributed by atoms with Gasteiger partial charge in [-0.3, -0.25) is 4.79 Å². The van der Waals surface area contributed by atoms with Gasteiger partial charge in [0.2, 0.25) is 5.91 Å². The second-order valence-electron chi connectivity index (χ2n) is 5.08. The van der Waals surface area contributed by atoms with Crippen LogP contribution in [0.1, 0.15) is 12.8 Å². The van der Waals surface area contributed by atoms with Crippen molar-refractivity contribution in [1.82, 2.24) is 4.90 Å². The Morgan fingerprint density at radius 1 is 1.26 bits per heavy atom. The lowest BCUT2D eigenvalue weighted by Gasteiger charge is -2.36. The molecule has 2 rings (SSSR count). The monoisotopic (exact) mass is 367 g/mol. The van der Waals surface area contributed by atoms with E-state index in [2.05, 4.69) is 4.90 Å². The largest absolute Gasteiger partial charge is 0.494 e. The Bertz CT molecular complexity index is 498. The van der Waals surface area contributed by atoms with E-state index in [0.717, 1.165) is 25.2 Å². The van der Waals surface area contributed by atoms with Gasteiger partial charge in [0.15, 0.2) is 0 Å². The van der Waals surface area contributed by atoms with E-state index in [1.165, 1.54) is 19.2 Å². The predicted octanol–water partition coefficient (Wildman–Crippen LogP) is 2.07. The highest BCUT2D eigenvalue weighted by molar-refractivity contribution is 5.85. The molecule has 2 N–H and O–H groups in total. The van der Waals surface area contributed by atoms with Crippen LogP contribution in [-0.2, 0) is 4.79 Å². The number of anilines is 1. The molecule has 132 valence electrons. The quantitative estimate of drug-likeness (QED) is 0.865. The number of methoxy groups -OCH3 is 1. The number of piperazine rings is 1. The molecule has 5 nitrogen and oxygen atoms in total. The first-order valence-electron chi connectivity index (χ1n) is 7.22. The Morgan fingerprint density at radius 3 is 2.48 bits per heavy atom. The molecule has 1 heterocycles. The molecule has 0 bridgehead atoms. The van der Waals surface area contributed by atoms with Crippen molar-refractivity contribution in [2.75, 3.05) is 44.7 Å². The summed E-state index contributed by atoms with van der Waals surface area (Å²) >= 11 is 0. The van der Waals surface area contributed by atoms with Crippen molar-refractivity contribution in [1.29, 1.82) is 0 Å². The van der Waals surface area contributed by atoms with Crippen molar-refractivity contribution in [2.45, 2.75) is 12.8 Å². The van der Waals surface area contributed by atoms with Gasteiger partial charge in [0.25, 0.3) is 0 Å². The SMILES string of the molecule is COc1cc(F)ccc1N1CCN(C(=O)CCCN)CC1.Cl.Cl. The highest BCUT2D eigenvalue weighted by Gasteiger charge is 2.22. The second kappa shape index (κ2) is 10.5. The zero-order valence-corrected chi connectivity index (χ0v) is 14.8. The van der Waals surface area contributed by atoms with Crippen LogP contribution >= 0.6 is 24.8 Å². The molecule has 0 atom stereocenters. The van der Waals surface area contributed by atoms with Crippen LogP contribution in [0.3, 0.4) is 0 Å². The first-order valence-corrected chi connectivity index (χ1v) is 7.22. The van der Waals surface area contributed by atoms with Gasteiger partial charge in [0, 0.05) is 38.7 Å². The number of halogens is 3. The van der Waals surface area contributed by atoms with Gasteiger partial charge in [0.05, 0.1) is 12.8 Å². The van der Waals surface area contributed by atoms with Crippen LogP contribution in [0.4, 0.5) is 10.1 Å². The normalized spacial score (nSPS) is 13.9. The molecule has 0 spiro atoms. The topological polar surface area (TPSA) is 58.8 Å². The Labute approximate surface area is 148 Å². The zero-order chi connectivity index (χ0) is 15.2. The van der Waals surface area contributed by atoms with Crippen LogP contribution in [0, 0.1) is 5.82 Å². The lowest BCUT2D eigenvalue weighted by molar-refractivity contribution is -0.131. The summed E-state index contributed by atoms with van der Waals surface area (Å²) in [6, 6.07) is 4.53. The van der Waals surface area contributed by atoms with E-state index >= 15 is 0 Å². The summed E-state index contributed by atoms with van der Waals surface area (Å²) in [5.41, 5.74) is 6.29. The van der Waals surface area contributed by atoms with Crippen molar-refractivity contribution < 1.29 is 13.9 Å². The number of carbonyl (C=O) groups is 1. The molecule has 1 amide bonds. The van der Waals surface area contributed by atoms with Gasteiger partial charge in [-0.05, 0) is 25.1 Å². The molecule has 1 aliphatic rings. The fourth-order valence-electron chi connectivity index (χ4n) is 2.52. The van der Waals surface area contributed by atoms with E-state index in [4.69, 9.17) is 10.5 Å². The maximum Gasteiger partial charge on any atom is 0.222 e. The van der Waals surface area contributed by atoms with E-state index in [9.17, 15) is 9.18 Å². The number of nitrogens with zero attached hydrogens (tertiary/aromatic N) is 2. The lowest BCUT2D eigenvalue weighted by Crippen LogP contribution is -2.48. The number of hydrogen-bond acceptors (Lipinski definition) is 4. The van der Waals surface area contributed by atoms with E-state index in [-0.39, 0.29) is 36.5 Å². The van der Waals surface area contributed by atoms with E-state index in [1.807, 2.05) is 4.90 Å². The number of carbonyl (C=O) groups excluding carboxylic acids is 1. The van der Waals surface area contributed by atoms with E-state index in [0.29, 0.717) is 31.8 Å². The third-order valence-corrected chi connectivity index (χ3v) is 3.71. The van der Waals surface area contributed by atoms with Gasteiger partial charge < -0.3 is 20.3 Å². The minimum Gasteiger partial charge on any atom is -0.494 e. The van der Waals surface area contributed by atoms with Gasteiger partial charge in [-0.2, -0.15) is 0 Å². The molecule has 8 heteroatoms. The number of nitrogens with two attached hydrogens (primary N) is 1. The molecule has 0 unspecified atom stereocenters. The summed E-state index contributed by atoms with van der Waals surface area (Å²) in [5, 5.41) is 0. The smallest absolute Gasteiger partial charge is 0.222 e. The van der Waals surface area contributed by atoms with Crippen LogP contribution in [0.15, 0.2) is 18.2 Å². The molecular weight excluding hydrogens is 344 g/mol. The summed E-state index contributed by atoms with van der Waals surface area (Å²) in [4.78, 5) is 15.9. The third kappa shape index (κ3) is 5.71. The molecule has 0 saturated carbocycles. The molecule has 1 fully saturated rings. The molecular formula is C15H24Cl2FN3O2. The minimum atomic E-state index is -0.314. The van der Waals surface area contributed by atoms with E-state index < -0.39 is 0 Å². The number of amides is 1. The van der Waals surface area contributed by atoms with Gasteiger partial charge in [0.1, 0.15) is 11.6 Å². The average molecular weight is 368 g/mol. The lowest BCUT2D eigenvalue weighted by atomic mass is 10.2. The van der Waals surface area contributed by atoms with Crippen molar-refractivity contribution in [2.24, 2.45) is 5.73 Å². The van der Waals surface area contributed by atoms with Crippen LogP contribution in [0.2, 0.25) is 0 Å². The minimum absolute atomic E-state index is 0. The second-order valence-corrected chi connectivity index (χ2v) is 5.08. The van der Waals surface area contributed by atoms with Crippen LogP contribution in [0.25, 0.3) is 0 Å². The Kier molecular flexibility index (Phi) is 9.95. The summed E-state index contributed by atoms with van der Waals surface area (Å²) in [6.45, 7) is 3.32. The molecule has 1 aliphatic heterocycles. The molecule has 0 aromatic heterocycles. The van der Waals surface area contributed by atoms with Crippen molar-refractivity contribution in [3.63, 3.8) is 0 Å². The molecule has 1 saturated heterocycles. The van der Waals surface area contributed by atoms with Crippen molar-refractivity contribution >= 4 is 36.4 Å². The molecule has 23 heavy (non-hydrogen) atoms. The number of ether oxygens (including phenoxy) is 1. The first kappa shape index (κ1) is 21.8. The number of rotatable bonds is 5. The van der Waals surface area contributed by atoms with Crippen LogP contribution in [0.5, 0.6) is 5.75 Å². The highest BCUT2D eigenvalue weighted by atomic mass is 35.5. The van der Waals surface area contributed by atoms with Gasteiger partial charge >= 0.3 is 0 Å². The Balaban J connectivity index is 0.00000242. The molecule has 0 aliphatic carbocycles. The van der Waals surface area contributed by atoms with Crippen LogP contribution < -0.4 is 15.4 Å². The fraction of sp³-hybridized carbons (Fsp3) is 0.533. The Morgan fingerprint density at radius 2 is 1.91 bits per heavy atom. The Hall–Kier alpha value is -1.24. The van der Waals surface area contributed by atoms with Gasteiger partial charge in [-0.15, -0.1) is 24.8 Å². The molecule has 0 radical (unpaired) electrons. The maximum atomic E-state index is 13.2. The van der Waals surface area contributed by atoms with Crippen molar-refractivity contribution in [3.8, 4) is 5.75 Å². The first-order chi connectivity index (χ1) is 10.2. The maximum absolute atomic E-state index is 13.2.